The molecule has 1 unspecified atom stereocenters. The summed E-state index contributed by atoms with van der Waals surface area (Å²) in [4.78, 5) is 24.4. The number of carbonyl (C=O) groups is 1. The van der Waals surface area contributed by atoms with Crippen molar-refractivity contribution in [2.75, 3.05) is 18.4 Å². The van der Waals surface area contributed by atoms with Crippen molar-refractivity contribution in [3.8, 4) is 11.3 Å². The molecule has 1 amide bonds. The molecule has 0 spiro atoms. The van der Waals surface area contributed by atoms with E-state index >= 15 is 0 Å². The Hall–Kier alpha value is -2.03. The molecule has 4 rings (SSSR count). The molecular formula is C22H29N5OS2. The maximum atomic E-state index is 12.7. The summed E-state index contributed by atoms with van der Waals surface area (Å²) >= 11 is 3.15. The third-order valence-corrected chi connectivity index (χ3v) is 7.28. The maximum absolute atomic E-state index is 12.7. The largest absolute Gasteiger partial charge is 0.339 e. The number of thiazole rings is 2. The van der Waals surface area contributed by atoms with Crippen molar-refractivity contribution < 1.29 is 4.79 Å². The van der Waals surface area contributed by atoms with Crippen LogP contribution in [-0.4, -0.2) is 38.4 Å². The number of rotatable bonds is 6. The molecule has 30 heavy (non-hydrogen) atoms. The van der Waals surface area contributed by atoms with E-state index in [4.69, 9.17) is 0 Å². The molecule has 1 saturated heterocycles. The Balaban J connectivity index is 1.38. The molecule has 0 aromatic carbocycles. The fourth-order valence-electron chi connectivity index (χ4n) is 4.19. The van der Waals surface area contributed by atoms with Crippen LogP contribution in [0, 0.1) is 26.7 Å². The summed E-state index contributed by atoms with van der Waals surface area (Å²) in [5.74, 6) is 0.702. The standard InChI is InChI=1S/C22H29N5OS2/c1-14-6-5-7-26(9-14)10-18-12-30-22(24-18)25-21(28)11-27-15(2)8-19(16(27)3)20-13-29-17(4)23-20/h8,12-14H,5-7,9-11H2,1-4H3,(H,24,25,28). The number of amides is 1. The smallest absolute Gasteiger partial charge is 0.246 e. The van der Waals surface area contributed by atoms with Crippen molar-refractivity contribution in [3.63, 3.8) is 0 Å². The Labute approximate surface area is 186 Å². The van der Waals surface area contributed by atoms with E-state index in [1.54, 1.807) is 11.3 Å². The number of nitrogens with one attached hydrogen (secondary N) is 1. The molecule has 1 aliphatic rings. The number of hydrogen-bond donors (Lipinski definition) is 1. The van der Waals surface area contributed by atoms with Gasteiger partial charge in [0.1, 0.15) is 6.54 Å². The molecule has 0 radical (unpaired) electrons. The lowest BCUT2D eigenvalue weighted by Gasteiger charge is -2.30. The molecule has 0 bridgehead atoms. The van der Waals surface area contributed by atoms with Gasteiger partial charge in [-0.05, 0) is 52.1 Å². The maximum Gasteiger partial charge on any atom is 0.246 e. The van der Waals surface area contributed by atoms with Gasteiger partial charge in [0, 0.05) is 40.8 Å². The molecule has 1 atom stereocenters. The topological polar surface area (TPSA) is 63.1 Å². The lowest BCUT2D eigenvalue weighted by Crippen LogP contribution is -2.33. The Bertz CT molecular complexity index is 1030. The van der Waals surface area contributed by atoms with Crippen LogP contribution in [0.2, 0.25) is 0 Å². The first-order chi connectivity index (χ1) is 14.4. The number of piperidine rings is 1. The molecule has 1 aliphatic heterocycles. The highest BCUT2D eigenvalue weighted by Gasteiger charge is 2.18. The average Bonchev–Trinajstić information content (AvgIpc) is 3.38. The van der Waals surface area contributed by atoms with E-state index in [9.17, 15) is 4.79 Å². The van der Waals surface area contributed by atoms with Gasteiger partial charge < -0.3 is 9.88 Å². The van der Waals surface area contributed by atoms with E-state index in [0.717, 1.165) is 58.9 Å². The summed E-state index contributed by atoms with van der Waals surface area (Å²) in [7, 11) is 0. The Morgan fingerprint density at radius 3 is 2.80 bits per heavy atom. The highest BCUT2D eigenvalue weighted by molar-refractivity contribution is 7.13. The molecule has 4 heterocycles. The fourth-order valence-corrected chi connectivity index (χ4v) is 5.52. The summed E-state index contributed by atoms with van der Waals surface area (Å²) in [6.07, 6.45) is 2.57. The third-order valence-electron chi connectivity index (χ3n) is 5.70. The number of carbonyl (C=O) groups excluding carboxylic acids is 1. The summed E-state index contributed by atoms with van der Waals surface area (Å²) in [6, 6.07) is 2.11. The van der Waals surface area contributed by atoms with Gasteiger partial charge in [-0.2, -0.15) is 0 Å². The second-order valence-corrected chi connectivity index (χ2v) is 10.2. The van der Waals surface area contributed by atoms with Crippen LogP contribution < -0.4 is 5.32 Å². The van der Waals surface area contributed by atoms with E-state index in [1.165, 1.54) is 24.2 Å². The van der Waals surface area contributed by atoms with Crippen molar-refractivity contribution in [2.24, 2.45) is 5.92 Å². The third kappa shape index (κ3) is 4.82. The van der Waals surface area contributed by atoms with Gasteiger partial charge in [-0.3, -0.25) is 9.69 Å². The highest BCUT2D eigenvalue weighted by atomic mass is 32.1. The van der Waals surface area contributed by atoms with Crippen LogP contribution in [0.25, 0.3) is 11.3 Å². The molecule has 160 valence electrons. The molecule has 3 aromatic rings. The zero-order valence-corrected chi connectivity index (χ0v) is 19.7. The Morgan fingerprint density at radius 1 is 1.23 bits per heavy atom. The molecule has 1 N–H and O–H groups in total. The minimum atomic E-state index is -0.0506. The molecule has 0 saturated carbocycles. The fraction of sp³-hybridized carbons (Fsp3) is 0.500. The van der Waals surface area contributed by atoms with Crippen LogP contribution in [-0.2, 0) is 17.9 Å². The highest BCUT2D eigenvalue weighted by Crippen LogP contribution is 2.28. The predicted molar refractivity (Wildman–Crippen MR) is 124 cm³/mol. The molecule has 8 heteroatoms. The van der Waals surface area contributed by atoms with Gasteiger partial charge in [-0.15, -0.1) is 22.7 Å². The quantitative estimate of drug-likeness (QED) is 0.591. The first kappa shape index (κ1) is 21.2. The van der Waals surface area contributed by atoms with Crippen molar-refractivity contribution in [2.45, 2.75) is 53.6 Å². The second kappa shape index (κ2) is 8.99. The van der Waals surface area contributed by atoms with Crippen LogP contribution in [0.1, 0.15) is 41.9 Å². The van der Waals surface area contributed by atoms with E-state index in [2.05, 4.69) is 43.9 Å². The lowest BCUT2D eigenvalue weighted by atomic mass is 10.0. The zero-order chi connectivity index (χ0) is 21.3. The van der Waals surface area contributed by atoms with Gasteiger partial charge in [0.15, 0.2) is 5.13 Å². The van der Waals surface area contributed by atoms with E-state index in [0.29, 0.717) is 5.13 Å². The Kier molecular flexibility index (Phi) is 6.36. The van der Waals surface area contributed by atoms with Crippen molar-refractivity contribution in [3.05, 3.63) is 38.9 Å². The van der Waals surface area contributed by atoms with Crippen LogP contribution in [0.4, 0.5) is 5.13 Å². The number of hydrogen-bond acceptors (Lipinski definition) is 6. The SMILES string of the molecule is Cc1nc(-c2cc(C)n(CC(=O)Nc3nc(CN4CCCC(C)C4)cs3)c2C)cs1. The van der Waals surface area contributed by atoms with E-state index < -0.39 is 0 Å². The van der Waals surface area contributed by atoms with Crippen LogP contribution in [0.15, 0.2) is 16.8 Å². The summed E-state index contributed by atoms with van der Waals surface area (Å²) in [5, 5.41) is 8.84. The van der Waals surface area contributed by atoms with E-state index in [-0.39, 0.29) is 12.5 Å². The van der Waals surface area contributed by atoms with Gasteiger partial charge in [0.05, 0.1) is 16.4 Å². The van der Waals surface area contributed by atoms with Gasteiger partial charge >= 0.3 is 0 Å². The number of anilines is 1. The van der Waals surface area contributed by atoms with Gasteiger partial charge in [0.2, 0.25) is 5.91 Å². The summed E-state index contributed by atoms with van der Waals surface area (Å²) in [6.45, 7) is 11.8. The summed E-state index contributed by atoms with van der Waals surface area (Å²) < 4.78 is 2.04. The number of nitrogens with zero attached hydrogens (tertiary/aromatic N) is 4. The number of aromatic nitrogens is 3. The minimum Gasteiger partial charge on any atom is -0.339 e. The normalized spacial score (nSPS) is 17.4. The number of likely N-dealkylation sites (tertiary alicyclic amines) is 1. The summed E-state index contributed by atoms with van der Waals surface area (Å²) in [5.41, 5.74) is 5.24. The first-order valence-electron chi connectivity index (χ1n) is 10.4. The average molecular weight is 444 g/mol. The van der Waals surface area contributed by atoms with Crippen molar-refractivity contribution in [1.29, 1.82) is 0 Å². The van der Waals surface area contributed by atoms with Gasteiger partial charge in [0.25, 0.3) is 0 Å². The second-order valence-electron chi connectivity index (χ2n) is 8.30. The first-order valence-corrected chi connectivity index (χ1v) is 12.2. The predicted octanol–water partition coefficient (Wildman–Crippen LogP) is 4.86. The van der Waals surface area contributed by atoms with Crippen LogP contribution in [0.3, 0.4) is 0 Å². The van der Waals surface area contributed by atoms with E-state index in [1.807, 2.05) is 25.3 Å². The molecule has 0 aliphatic carbocycles. The van der Waals surface area contributed by atoms with Crippen LogP contribution in [0.5, 0.6) is 0 Å². The lowest BCUT2D eigenvalue weighted by molar-refractivity contribution is -0.116. The Morgan fingerprint density at radius 2 is 2.07 bits per heavy atom. The zero-order valence-electron chi connectivity index (χ0n) is 18.1. The molecule has 1 fully saturated rings. The van der Waals surface area contributed by atoms with Gasteiger partial charge in [-0.1, -0.05) is 6.92 Å². The van der Waals surface area contributed by atoms with Crippen molar-refractivity contribution >= 4 is 33.7 Å². The molecule has 6 nitrogen and oxygen atoms in total. The van der Waals surface area contributed by atoms with Crippen LogP contribution >= 0.6 is 22.7 Å². The molecular weight excluding hydrogens is 414 g/mol. The molecule has 3 aromatic heterocycles. The monoisotopic (exact) mass is 443 g/mol. The van der Waals surface area contributed by atoms with Crippen molar-refractivity contribution in [1.82, 2.24) is 19.4 Å². The number of aryl methyl sites for hydroxylation is 2. The minimum absolute atomic E-state index is 0.0506. The van der Waals surface area contributed by atoms with Gasteiger partial charge in [-0.25, -0.2) is 9.97 Å².